The van der Waals surface area contributed by atoms with Gasteiger partial charge in [0.2, 0.25) is 0 Å². The Morgan fingerprint density at radius 2 is 1.63 bits per heavy atom. The van der Waals surface area contributed by atoms with Gasteiger partial charge in [0.05, 0.1) is 13.2 Å². The third-order valence-corrected chi connectivity index (χ3v) is 4.64. The minimum atomic E-state index is -0.572. The van der Waals surface area contributed by atoms with Crippen LogP contribution in [0.3, 0.4) is 0 Å². The van der Waals surface area contributed by atoms with Crippen molar-refractivity contribution in [3.8, 4) is 11.5 Å². The summed E-state index contributed by atoms with van der Waals surface area (Å²) in [7, 11) is 1.59. The zero-order valence-corrected chi connectivity index (χ0v) is 17.2. The molecule has 4 heteroatoms. The van der Waals surface area contributed by atoms with Gasteiger partial charge in [-0.05, 0) is 42.0 Å². The summed E-state index contributed by atoms with van der Waals surface area (Å²) >= 11 is 0. The Morgan fingerprint density at radius 3 is 2.15 bits per heavy atom. The molecule has 0 bridgehead atoms. The number of ether oxygens (including phenoxy) is 2. The van der Waals surface area contributed by atoms with Crippen molar-refractivity contribution in [3.05, 3.63) is 59.7 Å². The van der Waals surface area contributed by atoms with Crippen LogP contribution in [0.1, 0.15) is 58.2 Å². The molecule has 4 nitrogen and oxygen atoms in total. The van der Waals surface area contributed by atoms with E-state index in [1.807, 2.05) is 38.1 Å². The number of nitrogens with one attached hydrogen (secondary N) is 1. The molecule has 0 aliphatic heterocycles. The van der Waals surface area contributed by atoms with Gasteiger partial charge in [0.1, 0.15) is 0 Å². The molecule has 27 heavy (non-hydrogen) atoms. The Bertz CT molecular complexity index is 747. The molecule has 1 amide bonds. The maximum Gasteiger partial charge on any atom is 0.261 e. The fourth-order valence-corrected chi connectivity index (χ4v) is 2.85. The topological polar surface area (TPSA) is 47.6 Å². The first-order valence-corrected chi connectivity index (χ1v) is 9.46. The minimum Gasteiger partial charge on any atom is -0.493 e. The molecule has 0 spiro atoms. The maximum atomic E-state index is 12.7. The second-order valence-electron chi connectivity index (χ2n) is 7.77. The predicted octanol–water partition coefficient (Wildman–Crippen LogP) is 5.03. The van der Waals surface area contributed by atoms with E-state index < -0.39 is 6.10 Å². The highest BCUT2D eigenvalue weighted by Crippen LogP contribution is 2.28. The van der Waals surface area contributed by atoms with Gasteiger partial charge in [0, 0.05) is 0 Å². The van der Waals surface area contributed by atoms with E-state index in [-0.39, 0.29) is 17.4 Å². The zero-order valence-electron chi connectivity index (χ0n) is 17.2. The molecule has 0 unspecified atom stereocenters. The molecule has 0 heterocycles. The highest BCUT2D eigenvalue weighted by Gasteiger charge is 2.22. The van der Waals surface area contributed by atoms with Gasteiger partial charge in [-0.1, -0.05) is 64.1 Å². The van der Waals surface area contributed by atoms with Gasteiger partial charge in [0.25, 0.3) is 5.91 Å². The molecule has 2 aromatic rings. The summed E-state index contributed by atoms with van der Waals surface area (Å²) in [4.78, 5) is 12.7. The fraction of sp³-hybridized carbons (Fsp3) is 0.435. The number of hydrogen-bond acceptors (Lipinski definition) is 3. The van der Waals surface area contributed by atoms with Crippen molar-refractivity contribution in [3.63, 3.8) is 0 Å². The minimum absolute atomic E-state index is 0.0955. The molecule has 1 N–H and O–H groups in total. The summed E-state index contributed by atoms with van der Waals surface area (Å²) in [6.45, 7) is 10.5. The monoisotopic (exact) mass is 369 g/mol. The van der Waals surface area contributed by atoms with E-state index in [1.165, 1.54) is 5.56 Å². The van der Waals surface area contributed by atoms with Crippen LogP contribution in [0.5, 0.6) is 11.5 Å². The summed E-state index contributed by atoms with van der Waals surface area (Å²) in [6.07, 6.45) is -0.00266. The van der Waals surface area contributed by atoms with Gasteiger partial charge in [0.15, 0.2) is 17.6 Å². The number of methoxy groups -OCH3 is 1. The Labute approximate surface area is 162 Å². The maximum absolute atomic E-state index is 12.7. The third-order valence-electron chi connectivity index (χ3n) is 4.64. The number of amides is 1. The average Bonchev–Trinajstić information content (AvgIpc) is 2.65. The first kappa shape index (κ1) is 20.8. The van der Waals surface area contributed by atoms with Gasteiger partial charge in [-0.3, -0.25) is 4.79 Å². The molecule has 2 atom stereocenters. The summed E-state index contributed by atoms with van der Waals surface area (Å²) in [5, 5.41) is 3.06. The van der Waals surface area contributed by atoms with Gasteiger partial charge in [-0.25, -0.2) is 0 Å². The second-order valence-corrected chi connectivity index (χ2v) is 7.77. The first-order valence-electron chi connectivity index (χ1n) is 9.46. The van der Waals surface area contributed by atoms with Crippen LogP contribution in [0.15, 0.2) is 48.5 Å². The largest absolute Gasteiger partial charge is 0.493 e. The lowest BCUT2D eigenvalue weighted by molar-refractivity contribution is -0.128. The van der Waals surface area contributed by atoms with Crippen LogP contribution in [0.2, 0.25) is 0 Å². The van der Waals surface area contributed by atoms with Crippen molar-refractivity contribution in [1.82, 2.24) is 5.32 Å². The second kappa shape index (κ2) is 8.94. The highest BCUT2D eigenvalue weighted by atomic mass is 16.5. The van der Waals surface area contributed by atoms with Gasteiger partial charge >= 0.3 is 0 Å². The zero-order chi connectivity index (χ0) is 20.0. The van der Waals surface area contributed by atoms with Crippen LogP contribution < -0.4 is 14.8 Å². The quantitative estimate of drug-likeness (QED) is 0.745. The van der Waals surface area contributed by atoms with Crippen LogP contribution in [0, 0.1) is 0 Å². The standard InChI is InChI=1S/C23H31NO3/c1-7-19(27-21-11-9-8-10-20(21)26-6)22(25)24-16(2)17-12-14-18(15-13-17)23(3,4)5/h8-16,19H,7H2,1-6H3,(H,24,25)/t16-,19+/m0/s1. The molecule has 0 aliphatic carbocycles. The molecule has 2 rings (SSSR count). The lowest BCUT2D eigenvalue weighted by Gasteiger charge is -2.23. The molecule has 2 aromatic carbocycles. The highest BCUT2D eigenvalue weighted by molar-refractivity contribution is 5.81. The number of rotatable bonds is 7. The van der Waals surface area contributed by atoms with E-state index in [9.17, 15) is 4.79 Å². The number of carbonyl (C=O) groups excluding carboxylic acids is 1. The Kier molecular flexibility index (Phi) is 6.89. The van der Waals surface area contributed by atoms with Crippen molar-refractivity contribution < 1.29 is 14.3 Å². The Hall–Kier alpha value is -2.49. The normalized spacial score (nSPS) is 13.6. The molecule has 0 fully saturated rings. The van der Waals surface area contributed by atoms with Crippen molar-refractivity contribution in [2.45, 2.75) is 58.6 Å². The molecule has 146 valence electrons. The van der Waals surface area contributed by atoms with Crippen LogP contribution in [0.25, 0.3) is 0 Å². The molecule has 0 saturated heterocycles. The Morgan fingerprint density at radius 1 is 1.04 bits per heavy atom. The van der Waals surface area contributed by atoms with Crippen molar-refractivity contribution >= 4 is 5.91 Å². The van der Waals surface area contributed by atoms with Gasteiger partial charge in [-0.15, -0.1) is 0 Å². The van der Waals surface area contributed by atoms with E-state index in [4.69, 9.17) is 9.47 Å². The number of para-hydroxylation sites is 2. The lowest BCUT2D eigenvalue weighted by atomic mass is 9.86. The molecular weight excluding hydrogens is 338 g/mol. The first-order chi connectivity index (χ1) is 12.8. The SMILES string of the molecule is CC[C@@H](Oc1ccccc1OC)C(=O)N[C@@H](C)c1ccc(C(C)(C)C)cc1. The predicted molar refractivity (Wildman–Crippen MR) is 109 cm³/mol. The molecule has 0 aliphatic rings. The van der Waals surface area contributed by atoms with Crippen molar-refractivity contribution in [2.75, 3.05) is 7.11 Å². The van der Waals surface area contributed by atoms with E-state index in [1.54, 1.807) is 7.11 Å². The summed E-state index contributed by atoms with van der Waals surface area (Å²) in [6, 6.07) is 15.7. The molecule has 0 radical (unpaired) electrons. The summed E-state index contributed by atoms with van der Waals surface area (Å²) < 4.78 is 11.2. The summed E-state index contributed by atoms with van der Waals surface area (Å²) in [5.74, 6) is 1.06. The fourth-order valence-electron chi connectivity index (χ4n) is 2.85. The molecule has 0 aromatic heterocycles. The van der Waals surface area contributed by atoms with E-state index in [2.05, 4.69) is 50.4 Å². The van der Waals surface area contributed by atoms with Gasteiger partial charge in [-0.2, -0.15) is 0 Å². The van der Waals surface area contributed by atoms with E-state index >= 15 is 0 Å². The summed E-state index contributed by atoms with van der Waals surface area (Å²) in [5.41, 5.74) is 2.46. The van der Waals surface area contributed by atoms with Crippen LogP contribution in [-0.4, -0.2) is 19.1 Å². The van der Waals surface area contributed by atoms with E-state index in [0.29, 0.717) is 17.9 Å². The number of benzene rings is 2. The van der Waals surface area contributed by atoms with Crippen LogP contribution in [0.4, 0.5) is 0 Å². The molecule has 0 saturated carbocycles. The van der Waals surface area contributed by atoms with E-state index in [0.717, 1.165) is 5.56 Å². The third kappa shape index (κ3) is 5.49. The smallest absolute Gasteiger partial charge is 0.261 e. The lowest BCUT2D eigenvalue weighted by Crippen LogP contribution is -2.39. The average molecular weight is 370 g/mol. The van der Waals surface area contributed by atoms with Crippen molar-refractivity contribution in [2.24, 2.45) is 0 Å². The number of hydrogen-bond donors (Lipinski definition) is 1. The van der Waals surface area contributed by atoms with Crippen LogP contribution in [-0.2, 0) is 10.2 Å². The number of carbonyl (C=O) groups is 1. The van der Waals surface area contributed by atoms with Crippen molar-refractivity contribution in [1.29, 1.82) is 0 Å². The Balaban J connectivity index is 2.05. The van der Waals surface area contributed by atoms with Crippen LogP contribution >= 0.6 is 0 Å². The molecular formula is C23H31NO3. The van der Waals surface area contributed by atoms with Gasteiger partial charge < -0.3 is 14.8 Å².